The Balaban J connectivity index is 1.88. The van der Waals surface area contributed by atoms with Crippen molar-refractivity contribution < 1.29 is 14.7 Å². The molecule has 0 saturated carbocycles. The zero-order chi connectivity index (χ0) is 15.2. The number of hydroxylamine groups is 1. The predicted octanol–water partition coefficient (Wildman–Crippen LogP) is 2.86. The van der Waals surface area contributed by atoms with Gasteiger partial charge in [0.25, 0.3) is 5.24 Å². The van der Waals surface area contributed by atoms with E-state index < -0.39 is 5.24 Å². The van der Waals surface area contributed by atoms with Gasteiger partial charge in [-0.1, -0.05) is 18.7 Å². The van der Waals surface area contributed by atoms with E-state index in [1.165, 1.54) is 6.07 Å². The summed E-state index contributed by atoms with van der Waals surface area (Å²) in [5.41, 5.74) is 4.56. The molecule has 0 unspecified atom stereocenters. The minimum atomic E-state index is -0.500. The highest BCUT2D eigenvalue weighted by atomic mass is 35.5. The highest BCUT2D eigenvalue weighted by molar-refractivity contribution is 6.67. The minimum Gasteiger partial charge on any atom is -0.506 e. The van der Waals surface area contributed by atoms with E-state index in [4.69, 9.17) is 16.4 Å². The molecular weight excluding hydrogens is 292 g/mol. The number of aromatic nitrogens is 1. The lowest BCUT2D eigenvalue weighted by molar-refractivity contribution is 0.0644. The van der Waals surface area contributed by atoms with E-state index in [1.54, 1.807) is 36.5 Å². The molecule has 2 N–H and O–H groups in total. The first-order valence-electron chi connectivity index (χ1n) is 6.08. The second-order valence-corrected chi connectivity index (χ2v) is 4.55. The summed E-state index contributed by atoms with van der Waals surface area (Å²) >= 11 is 5.36. The molecule has 1 heterocycles. The molecule has 2 rings (SSSR count). The van der Waals surface area contributed by atoms with E-state index in [9.17, 15) is 9.90 Å². The fourth-order valence-electron chi connectivity index (χ4n) is 1.62. The maximum absolute atomic E-state index is 10.9. The predicted molar refractivity (Wildman–Crippen MR) is 79.5 cm³/mol. The summed E-state index contributed by atoms with van der Waals surface area (Å²) in [5, 5.41) is 9.12. The van der Waals surface area contributed by atoms with Crippen LogP contribution in [0.15, 0.2) is 49.2 Å². The van der Waals surface area contributed by atoms with Gasteiger partial charge in [0.05, 0.1) is 12.3 Å². The lowest BCUT2D eigenvalue weighted by atomic mass is 10.2. The van der Waals surface area contributed by atoms with Crippen LogP contribution in [0.2, 0.25) is 0 Å². The van der Waals surface area contributed by atoms with E-state index in [1.807, 2.05) is 0 Å². The number of carbonyl (C=O) groups is 1. The maximum atomic E-state index is 10.9. The lowest BCUT2D eigenvalue weighted by Crippen LogP contribution is -2.13. The number of nitrogens with zero attached hydrogens (tertiary/aromatic N) is 1. The maximum Gasteiger partial charge on any atom is 0.252 e. The summed E-state index contributed by atoms with van der Waals surface area (Å²) in [6.45, 7) is 3.99. The largest absolute Gasteiger partial charge is 0.506 e. The zero-order valence-electron chi connectivity index (χ0n) is 11.0. The number of halogens is 1. The van der Waals surface area contributed by atoms with E-state index in [-0.39, 0.29) is 12.4 Å². The first-order chi connectivity index (χ1) is 10.1. The Hall–Kier alpha value is -2.37. The van der Waals surface area contributed by atoms with Gasteiger partial charge in [-0.3, -0.25) is 20.1 Å². The van der Waals surface area contributed by atoms with Crippen LogP contribution in [0.4, 0.5) is 0 Å². The second-order valence-electron chi connectivity index (χ2n) is 4.21. The number of rotatable bonds is 6. The molecule has 108 valence electrons. The number of pyridine rings is 1. The Morgan fingerprint density at radius 2 is 2.05 bits per heavy atom. The number of hydrogen-bond acceptors (Lipinski definition) is 5. The van der Waals surface area contributed by atoms with Crippen molar-refractivity contribution in [2.24, 2.45) is 0 Å². The monoisotopic (exact) mass is 304 g/mol. The summed E-state index contributed by atoms with van der Waals surface area (Å²) in [4.78, 5) is 20.2. The molecule has 1 aromatic carbocycles. The van der Waals surface area contributed by atoms with E-state index in [0.717, 1.165) is 5.56 Å². The smallest absolute Gasteiger partial charge is 0.252 e. The van der Waals surface area contributed by atoms with E-state index in [2.05, 4.69) is 17.0 Å². The van der Waals surface area contributed by atoms with Crippen LogP contribution in [0, 0.1) is 0 Å². The van der Waals surface area contributed by atoms with Gasteiger partial charge in [-0.15, -0.1) is 0 Å². The number of carbonyl (C=O) groups excluding carboxylic acids is 1. The van der Waals surface area contributed by atoms with Crippen molar-refractivity contribution in [3.8, 4) is 5.75 Å². The van der Waals surface area contributed by atoms with Crippen molar-refractivity contribution in [3.05, 3.63) is 66.0 Å². The Labute approximate surface area is 126 Å². The van der Waals surface area contributed by atoms with Gasteiger partial charge in [-0.2, -0.15) is 0 Å². The summed E-state index contributed by atoms with van der Waals surface area (Å²) in [7, 11) is 0. The average Bonchev–Trinajstić information content (AvgIpc) is 2.48. The molecule has 0 fully saturated rings. The first-order valence-corrected chi connectivity index (χ1v) is 6.45. The molecule has 1 aromatic heterocycles. The van der Waals surface area contributed by atoms with Crippen LogP contribution in [-0.4, -0.2) is 15.3 Å². The molecule has 0 radical (unpaired) electrons. The van der Waals surface area contributed by atoms with Crippen molar-refractivity contribution >= 4 is 22.5 Å². The fraction of sp³-hybridized carbons (Fsp3) is 0.0667. The van der Waals surface area contributed by atoms with E-state index in [0.29, 0.717) is 17.0 Å². The molecule has 0 aliphatic carbocycles. The molecule has 0 atom stereocenters. The van der Waals surface area contributed by atoms with E-state index >= 15 is 0 Å². The van der Waals surface area contributed by atoms with Crippen molar-refractivity contribution in [1.29, 1.82) is 0 Å². The molecular formula is C15H13ClN2O3. The standard InChI is InChI=1S/C15H13ClN2O3/c1-10(14-13(19)3-2-8-17-14)18-21-9-11-4-6-12(7-5-11)15(16)20/h2-8,18-19H,1,9H2. The van der Waals surface area contributed by atoms with Crippen LogP contribution < -0.4 is 5.48 Å². The van der Waals surface area contributed by atoms with Crippen molar-refractivity contribution in [3.63, 3.8) is 0 Å². The molecule has 5 nitrogen and oxygen atoms in total. The third kappa shape index (κ3) is 4.05. The first kappa shape index (κ1) is 15.0. The van der Waals surface area contributed by atoms with Crippen molar-refractivity contribution in [1.82, 2.24) is 10.5 Å². The van der Waals surface area contributed by atoms with Crippen molar-refractivity contribution in [2.45, 2.75) is 6.61 Å². The van der Waals surface area contributed by atoms with Gasteiger partial charge >= 0.3 is 0 Å². The quantitative estimate of drug-likeness (QED) is 0.634. The molecule has 0 spiro atoms. The van der Waals surface area contributed by atoms with Gasteiger partial charge in [0, 0.05) is 11.8 Å². The molecule has 21 heavy (non-hydrogen) atoms. The van der Waals surface area contributed by atoms with Crippen molar-refractivity contribution in [2.75, 3.05) is 0 Å². The third-order valence-corrected chi connectivity index (χ3v) is 2.91. The summed E-state index contributed by atoms with van der Waals surface area (Å²) in [6.07, 6.45) is 1.55. The normalized spacial score (nSPS) is 10.1. The second kappa shape index (κ2) is 6.88. The molecule has 0 saturated heterocycles. The highest BCUT2D eigenvalue weighted by Gasteiger charge is 2.06. The van der Waals surface area contributed by atoms with Crippen LogP contribution in [0.3, 0.4) is 0 Å². The van der Waals surface area contributed by atoms with Crippen LogP contribution in [-0.2, 0) is 11.4 Å². The SMILES string of the molecule is C=C(NOCc1ccc(C(=O)Cl)cc1)c1ncccc1O. The summed E-state index contributed by atoms with van der Waals surface area (Å²) < 4.78 is 0. The lowest BCUT2D eigenvalue weighted by Gasteiger charge is -2.10. The fourth-order valence-corrected chi connectivity index (χ4v) is 1.74. The number of nitrogens with one attached hydrogen (secondary N) is 1. The van der Waals surface area contributed by atoms with Gasteiger partial charge < -0.3 is 5.11 Å². The number of benzene rings is 1. The topological polar surface area (TPSA) is 71.5 Å². The molecule has 0 bridgehead atoms. The molecule has 0 aliphatic rings. The average molecular weight is 305 g/mol. The van der Waals surface area contributed by atoms with Gasteiger partial charge in [0.2, 0.25) is 0 Å². The zero-order valence-corrected chi connectivity index (χ0v) is 11.8. The van der Waals surface area contributed by atoms with Crippen LogP contribution in [0.25, 0.3) is 5.70 Å². The van der Waals surface area contributed by atoms with Crippen LogP contribution >= 0.6 is 11.6 Å². The number of hydrogen-bond donors (Lipinski definition) is 2. The Morgan fingerprint density at radius 1 is 1.33 bits per heavy atom. The minimum absolute atomic E-state index is 0.0172. The molecule has 2 aromatic rings. The summed E-state index contributed by atoms with van der Waals surface area (Å²) in [5.74, 6) is 0.0172. The Bertz CT molecular complexity index is 656. The summed E-state index contributed by atoms with van der Waals surface area (Å²) in [6, 6.07) is 9.83. The highest BCUT2D eigenvalue weighted by Crippen LogP contribution is 2.18. The van der Waals surface area contributed by atoms with Gasteiger partial charge in [-0.05, 0) is 41.4 Å². The van der Waals surface area contributed by atoms with Gasteiger partial charge in [0.1, 0.15) is 11.4 Å². The molecule has 0 aliphatic heterocycles. The molecule has 0 amide bonds. The van der Waals surface area contributed by atoms with Gasteiger partial charge in [-0.25, -0.2) is 0 Å². The third-order valence-electron chi connectivity index (χ3n) is 2.69. The Morgan fingerprint density at radius 3 is 2.67 bits per heavy atom. The van der Waals surface area contributed by atoms with Crippen LogP contribution in [0.5, 0.6) is 5.75 Å². The Kier molecular flexibility index (Phi) is 4.92. The van der Waals surface area contributed by atoms with Crippen LogP contribution in [0.1, 0.15) is 21.6 Å². The number of aromatic hydroxyl groups is 1. The molecule has 6 heteroatoms. The van der Waals surface area contributed by atoms with Gasteiger partial charge in [0.15, 0.2) is 0 Å².